The number of aryl methyl sites for hydroxylation is 1. The van der Waals surface area contributed by atoms with Gasteiger partial charge in [-0.05, 0) is 25.5 Å². The molecule has 1 fully saturated rings. The first-order chi connectivity index (χ1) is 10.2. The molecular formula is C15H23N3OS2. The first-order valence-corrected chi connectivity index (χ1v) is 9.65. The van der Waals surface area contributed by atoms with Crippen molar-refractivity contribution in [3.8, 4) is 0 Å². The second kappa shape index (κ2) is 8.54. The molecule has 1 aliphatic heterocycles. The number of rotatable bonds is 6. The van der Waals surface area contributed by atoms with Crippen molar-refractivity contribution in [3.05, 3.63) is 23.4 Å². The number of thioether (sulfide) groups is 2. The van der Waals surface area contributed by atoms with Crippen molar-refractivity contribution in [1.29, 1.82) is 0 Å². The first kappa shape index (κ1) is 16.5. The van der Waals surface area contributed by atoms with Gasteiger partial charge >= 0.3 is 0 Å². The van der Waals surface area contributed by atoms with Crippen LogP contribution in [0.5, 0.6) is 0 Å². The molecule has 1 unspecified atom stereocenters. The van der Waals surface area contributed by atoms with Crippen LogP contribution in [0.15, 0.2) is 12.1 Å². The summed E-state index contributed by atoms with van der Waals surface area (Å²) in [5.74, 6) is 4.33. The molecule has 116 valence electrons. The summed E-state index contributed by atoms with van der Waals surface area (Å²) in [7, 11) is 0. The molecule has 0 saturated carbocycles. The molecule has 1 aromatic rings. The lowest BCUT2D eigenvalue weighted by atomic mass is 10.2. The van der Waals surface area contributed by atoms with Crippen LogP contribution in [0.4, 0.5) is 5.82 Å². The maximum absolute atomic E-state index is 12.3. The second-order valence-corrected chi connectivity index (χ2v) is 7.45. The highest BCUT2D eigenvalue weighted by Crippen LogP contribution is 2.23. The van der Waals surface area contributed by atoms with Crippen LogP contribution in [0.25, 0.3) is 0 Å². The van der Waals surface area contributed by atoms with E-state index in [-0.39, 0.29) is 5.91 Å². The molecule has 0 radical (unpaired) electrons. The van der Waals surface area contributed by atoms with Gasteiger partial charge < -0.3 is 10.6 Å². The van der Waals surface area contributed by atoms with Gasteiger partial charge in [0.15, 0.2) is 0 Å². The maximum Gasteiger partial charge on any atom is 0.251 e. The Kier molecular flexibility index (Phi) is 6.70. The molecule has 1 aromatic heterocycles. The number of aromatic nitrogens is 1. The van der Waals surface area contributed by atoms with Crippen LogP contribution in [-0.2, 0) is 6.42 Å². The summed E-state index contributed by atoms with van der Waals surface area (Å²) in [4.78, 5) is 16.8. The summed E-state index contributed by atoms with van der Waals surface area (Å²) < 4.78 is 0. The van der Waals surface area contributed by atoms with E-state index < -0.39 is 0 Å². The SMILES string of the molecule is CCNc1cc(C(=O)NCC2CSCCS2)cc(CC)n1. The van der Waals surface area contributed by atoms with E-state index in [1.165, 1.54) is 11.5 Å². The van der Waals surface area contributed by atoms with E-state index in [2.05, 4.69) is 22.5 Å². The van der Waals surface area contributed by atoms with Gasteiger partial charge in [0.05, 0.1) is 0 Å². The summed E-state index contributed by atoms with van der Waals surface area (Å²) in [5, 5.41) is 6.78. The van der Waals surface area contributed by atoms with E-state index in [4.69, 9.17) is 0 Å². The molecule has 0 aromatic carbocycles. The number of pyridine rings is 1. The molecule has 2 N–H and O–H groups in total. The van der Waals surface area contributed by atoms with Crippen molar-refractivity contribution in [1.82, 2.24) is 10.3 Å². The monoisotopic (exact) mass is 325 g/mol. The van der Waals surface area contributed by atoms with Crippen molar-refractivity contribution >= 4 is 35.2 Å². The zero-order valence-electron chi connectivity index (χ0n) is 12.6. The molecule has 6 heteroatoms. The third-order valence-electron chi connectivity index (χ3n) is 3.24. The average Bonchev–Trinajstić information content (AvgIpc) is 2.53. The third-order valence-corrected chi connectivity index (χ3v) is 6.08. The van der Waals surface area contributed by atoms with Gasteiger partial charge in [0.25, 0.3) is 5.91 Å². The zero-order chi connectivity index (χ0) is 15.1. The van der Waals surface area contributed by atoms with E-state index in [1.54, 1.807) is 0 Å². The van der Waals surface area contributed by atoms with Crippen LogP contribution in [0, 0.1) is 0 Å². The lowest BCUT2D eigenvalue weighted by Crippen LogP contribution is -2.33. The molecule has 0 bridgehead atoms. The van der Waals surface area contributed by atoms with Crippen LogP contribution < -0.4 is 10.6 Å². The Bertz CT molecular complexity index is 476. The highest BCUT2D eigenvalue weighted by molar-refractivity contribution is 8.06. The Morgan fingerprint density at radius 2 is 2.24 bits per heavy atom. The van der Waals surface area contributed by atoms with Crippen LogP contribution >= 0.6 is 23.5 Å². The van der Waals surface area contributed by atoms with Gasteiger partial charge in [-0.1, -0.05) is 6.92 Å². The number of amides is 1. The summed E-state index contributed by atoms with van der Waals surface area (Å²) in [6.45, 7) is 5.63. The quantitative estimate of drug-likeness (QED) is 0.842. The molecule has 1 aliphatic rings. The lowest BCUT2D eigenvalue weighted by molar-refractivity contribution is 0.0954. The Morgan fingerprint density at radius 3 is 2.90 bits per heavy atom. The van der Waals surface area contributed by atoms with Crippen molar-refractivity contribution in [2.75, 3.05) is 35.7 Å². The Hall–Kier alpha value is -0.880. The standard InChI is InChI=1S/C15H23N3OS2/c1-3-12-7-11(8-14(18-12)16-4-2)15(19)17-9-13-10-20-5-6-21-13/h7-8,13H,3-6,9-10H2,1-2H3,(H,16,18)(H,17,19). The molecular weight excluding hydrogens is 302 g/mol. The summed E-state index contributed by atoms with van der Waals surface area (Å²) in [5.41, 5.74) is 1.65. The summed E-state index contributed by atoms with van der Waals surface area (Å²) >= 11 is 3.93. The minimum absolute atomic E-state index is 0.00225. The molecule has 0 aliphatic carbocycles. The molecule has 1 amide bonds. The molecule has 21 heavy (non-hydrogen) atoms. The van der Waals surface area contributed by atoms with Crippen molar-refractivity contribution in [2.24, 2.45) is 0 Å². The average molecular weight is 326 g/mol. The number of anilines is 1. The fourth-order valence-corrected chi connectivity index (χ4v) is 4.75. The number of nitrogens with one attached hydrogen (secondary N) is 2. The Balaban J connectivity index is 1.98. The van der Waals surface area contributed by atoms with Crippen molar-refractivity contribution in [3.63, 3.8) is 0 Å². The van der Waals surface area contributed by atoms with Crippen molar-refractivity contribution < 1.29 is 4.79 Å². The molecule has 4 nitrogen and oxygen atoms in total. The smallest absolute Gasteiger partial charge is 0.251 e. The maximum atomic E-state index is 12.3. The Labute approximate surface area is 135 Å². The number of carbonyl (C=O) groups excluding carboxylic acids is 1. The van der Waals surface area contributed by atoms with Crippen molar-refractivity contribution in [2.45, 2.75) is 25.5 Å². The normalized spacial score (nSPS) is 18.3. The fraction of sp³-hybridized carbons (Fsp3) is 0.600. The zero-order valence-corrected chi connectivity index (χ0v) is 14.3. The van der Waals surface area contributed by atoms with Crippen LogP contribution in [0.2, 0.25) is 0 Å². The molecule has 0 spiro atoms. The minimum Gasteiger partial charge on any atom is -0.370 e. The van der Waals surface area contributed by atoms with Gasteiger partial charge in [0.2, 0.25) is 0 Å². The summed E-state index contributed by atoms with van der Waals surface area (Å²) in [6.07, 6.45) is 0.828. The van der Waals surface area contributed by atoms with Gasteiger partial charge in [-0.25, -0.2) is 4.98 Å². The van der Waals surface area contributed by atoms with Crippen LogP contribution in [-0.4, -0.2) is 46.5 Å². The highest BCUT2D eigenvalue weighted by Gasteiger charge is 2.16. The van der Waals surface area contributed by atoms with Crippen LogP contribution in [0.3, 0.4) is 0 Å². The van der Waals surface area contributed by atoms with Crippen LogP contribution in [0.1, 0.15) is 29.9 Å². The lowest BCUT2D eigenvalue weighted by Gasteiger charge is -2.21. The largest absolute Gasteiger partial charge is 0.370 e. The first-order valence-electron chi connectivity index (χ1n) is 7.45. The van der Waals surface area contributed by atoms with E-state index in [1.807, 2.05) is 42.6 Å². The van der Waals surface area contributed by atoms with E-state index in [0.717, 1.165) is 36.8 Å². The fourth-order valence-electron chi connectivity index (χ4n) is 2.13. The van der Waals surface area contributed by atoms with E-state index in [0.29, 0.717) is 10.8 Å². The number of hydrogen-bond donors (Lipinski definition) is 2. The Morgan fingerprint density at radius 1 is 1.38 bits per heavy atom. The molecule has 1 saturated heterocycles. The summed E-state index contributed by atoms with van der Waals surface area (Å²) in [6, 6.07) is 3.72. The highest BCUT2D eigenvalue weighted by atomic mass is 32.2. The van der Waals surface area contributed by atoms with E-state index in [9.17, 15) is 4.79 Å². The molecule has 2 heterocycles. The van der Waals surface area contributed by atoms with Gasteiger partial charge in [0, 0.05) is 46.9 Å². The third kappa shape index (κ3) is 5.11. The van der Waals surface area contributed by atoms with Gasteiger partial charge in [-0.2, -0.15) is 23.5 Å². The predicted molar refractivity (Wildman–Crippen MR) is 93.7 cm³/mol. The van der Waals surface area contributed by atoms with Gasteiger partial charge in [-0.15, -0.1) is 0 Å². The second-order valence-electron chi connectivity index (χ2n) is 4.89. The predicted octanol–water partition coefficient (Wildman–Crippen LogP) is 2.65. The number of carbonyl (C=O) groups is 1. The number of hydrogen-bond acceptors (Lipinski definition) is 5. The number of nitrogens with zero attached hydrogens (tertiary/aromatic N) is 1. The van der Waals surface area contributed by atoms with Gasteiger partial charge in [0.1, 0.15) is 5.82 Å². The topological polar surface area (TPSA) is 54.0 Å². The molecule has 1 atom stereocenters. The molecule has 2 rings (SSSR count). The minimum atomic E-state index is 0.00225. The van der Waals surface area contributed by atoms with Gasteiger partial charge in [-0.3, -0.25) is 4.79 Å². The van der Waals surface area contributed by atoms with E-state index >= 15 is 0 Å².